The molecule has 3 aliphatic heterocycles. The third-order valence-corrected chi connectivity index (χ3v) is 9.65. The Hall–Kier alpha value is -2.47. The molecule has 0 unspecified atom stereocenters. The number of benzene rings is 2. The summed E-state index contributed by atoms with van der Waals surface area (Å²) in [6.45, 7) is 5.92. The van der Waals surface area contributed by atoms with Gasteiger partial charge < -0.3 is 18.7 Å². The second-order valence-electron chi connectivity index (χ2n) is 12.0. The third-order valence-electron chi connectivity index (χ3n) is 9.65. The first-order valence-corrected chi connectivity index (χ1v) is 14.3. The van der Waals surface area contributed by atoms with Crippen molar-refractivity contribution in [3.8, 4) is 0 Å². The van der Waals surface area contributed by atoms with Crippen molar-refractivity contribution in [2.75, 3.05) is 26.2 Å². The summed E-state index contributed by atoms with van der Waals surface area (Å²) in [5, 5.41) is 12.2. The van der Waals surface area contributed by atoms with E-state index in [9.17, 15) is 5.11 Å². The molecule has 5 nitrogen and oxygen atoms in total. The minimum atomic E-state index is -1.16. The molecule has 4 aliphatic rings. The van der Waals surface area contributed by atoms with Crippen molar-refractivity contribution in [2.45, 2.75) is 70.1 Å². The Balaban J connectivity index is 1.12. The molecule has 1 saturated carbocycles. The van der Waals surface area contributed by atoms with E-state index in [-0.39, 0.29) is 5.92 Å². The zero-order valence-electron chi connectivity index (χ0n) is 22.0. The maximum Gasteiger partial charge on any atom is 0.231 e. The third kappa shape index (κ3) is 5.01. The molecule has 0 spiro atoms. The number of hydrogen-bond acceptors (Lipinski definition) is 4. The van der Waals surface area contributed by atoms with Crippen molar-refractivity contribution in [2.24, 2.45) is 11.3 Å². The van der Waals surface area contributed by atoms with Crippen LogP contribution in [0.3, 0.4) is 0 Å². The number of ether oxygens (including phenoxy) is 1. The minimum absolute atomic E-state index is 0.142. The first-order chi connectivity index (χ1) is 18.1. The van der Waals surface area contributed by atoms with Gasteiger partial charge >= 0.3 is 0 Å². The highest BCUT2D eigenvalue weighted by molar-refractivity contribution is 5.30. The molecule has 3 saturated heterocycles. The van der Waals surface area contributed by atoms with E-state index in [2.05, 4.69) is 30.3 Å². The fraction of sp³-hybridized carbons (Fsp3) is 0.531. The van der Waals surface area contributed by atoms with E-state index in [1.54, 1.807) is 0 Å². The van der Waals surface area contributed by atoms with Gasteiger partial charge in [-0.05, 0) is 24.0 Å². The van der Waals surface area contributed by atoms with Gasteiger partial charge in [-0.2, -0.15) is 0 Å². The molecule has 5 heteroatoms. The maximum atomic E-state index is 12.2. The average molecular weight is 502 g/mol. The summed E-state index contributed by atoms with van der Waals surface area (Å²) in [5.74, 6) is 1.54. The van der Waals surface area contributed by atoms with Crippen molar-refractivity contribution in [3.63, 3.8) is 0 Å². The van der Waals surface area contributed by atoms with Crippen LogP contribution in [0.4, 0.5) is 0 Å². The van der Waals surface area contributed by atoms with Gasteiger partial charge in [0.15, 0.2) is 11.4 Å². The van der Waals surface area contributed by atoms with Crippen LogP contribution in [0.2, 0.25) is 0 Å². The number of quaternary nitrogens is 1. The molecule has 0 amide bonds. The fourth-order valence-electron chi connectivity index (χ4n) is 7.18. The number of aliphatic hydroxyl groups is 1. The van der Waals surface area contributed by atoms with Crippen LogP contribution >= 0.6 is 0 Å². The lowest BCUT2D eigenvalue weighted by atomic mass is 9.71. The van der Waals surface area contributed by atoms with E-state index in [1.165, 1.54) is 31.2 Å². The Kier molecular flexibility index (Phi) is 6.95. The van der Waals surface area contributed by atoms with Gasteiger partial charge in [0, 0.05) is 30.6 Å². The summed E-state index contributed by atoms with van der Waals surface area (Å²) in [6.07, 6.45) is 11.1. The molecular weight excluding hydrogens is 460 g/mol. The summed E-state index contributed by atoms with van der Waals surface area (Å²) in [5.41, 5.74) is 1.32. The van der Waals surface area contributed by atoms with Crippen LogP contribution in [0.1, 0.15) is 74.1 Å². The predicted molar refractivity (Wildman–Crippen MR) is 143 cm³/mol. The Morgan fingerprint density at radius 2 is 1.57 bits per heavy atom. The molecule has 1 aromatic heterocycles. The van der Waals surface area contributed by atoms with E-state index < -0.39 is 5.60 Å². The number of aromatic nitrogens is 1. The second kappa shape index (κ2) is 10.4. The lowest BCUT2D eigenvalue weighted by Gasteiger charge is -2.54. The highest BCUT2D eigenvalue weighted by Crippen LogP contribution is 2.46. The SMILES string of the molecule is O[C@](c1ccccc1)(c1ncc(C[N+]23CCC(COCc4ccccc4)(CC2)CC3)o1)C1CCCCC1. The summed E-state index contributed by atoms with van der Waals surface area (Å²) >= 11 is 0. The predicted octanol–water partition coefficient (Wildman–Crippen LogP) is 6.21. The van der Waals surface area contributed by atoms with Crippen LogP contribution in [-0.4, -0.2) is 40.8 Å². The molecule has 7 rings (SSSR count). The number of nitrogens with zero attached hydrogens (tertiary/aromatic N) is 2. The van der Waals surface area contributed by atoms with E-state index >= 15 is 0 Å². The van der Waals surface area contributed by atoms with E-state index in [4.69, 9.17) is 14.1 Å². The van der Waals surface area contributed by atoms with Gasteiger partial charge in [0.05, 0.1) is 39.0 Å². The highest BCUT2D eigenvalue weighted by atomic mass is 16.5. The Morgan fingerprint density at radius 3 is 2.24 bits per heavy atom. The van der Waals surface area contributed by atoms with Crippen LogP contribution in [0.5, 0.6) is 0 Å². The normalized spacial score (nSPS) is 27.7. The number of rotatable bonds is 9. The van der Waals surface area contributed by atoms with Crippen molar-refractivity contribution in [3.05, 3.63) is 89.6 Å². The van der Waals surface area contributed by atoms with Gasteiger partial charge in [-0.3, -0.25) is 0 Å². The average Bonchev–Trinajstić information content (AvgIpc) is 3.44. The summed E-state index contributed by atoms with van der Waals surface area (Å²) in [6, 6.07) is 20.5. The molecule has 1 atom stereocenters. The summed E-state index contributed by atoms with van der Waals surface area (Å²) < 4.78 is 13.7. The smallest absolute Gasteiger partial charge is 0.231 e. The van der Waals surface area contributed by atoms with Crippen molar-refractivity contribution >= 4 is 0 Å². The van der Waals surface area contributed by atoms with Crippen molar-refractivity contribution in [1.29, 1.82) is 0 Å². The van der Waals surface area contributed by atoms with E-state index in [0.29, 0.717) is 17.9 Å². The molecule has 196 valence electrons. The molecule has 4 fully saturated rings. The molecule has 3 aromatic rings. The monoisotopic (exact) mass is 501 g/mol. The van der Waals surface area contributed by atoms with Gasteiger partial charge in [0.2, 0.25) is 5.89 Å². The van der Waals surface area contributed by atoms with Gasteiger partial charge in [-0.15, -0.1) is 0 Å². The highest BCUT2D eigenvalue weighted by Gasteiger charge is 2.50. The number of piperidine rings is 3. The molecular formula is C32H41N2O3+. The molecule has 2 aromatic carbocycles. The van der Waals surface area contributed by atoms with Crippen LogP contribution in [0.25, 0.3) is 0 Å². The Bertz CT molecular complexity index is 1130. The molecule has 4 heterocycles. The topological polar surface area (TPSA) is 55.5 Å². The number of oxazole rings is 1. The standard InChI is InChI=1S/C32H41N2O3/c35-32(27-12-6-2-7-13-27,28-14-8-3-9-15-28)30-33-22-29(37-30)23-34-19-16-31(17-20-34,18-21-34)25-36-24-26-10-4-1-5-11-26/h1-2,4-7,10-13,22,28,35H,3,8-9,14-21,23-25H2/q+1/t31?,32-,34?/m0/s1. The van der Waals surface area contributed by atoms with Crippen LogP contribution in [-0.2, 0) is 23.5 Å². The Morgan fingerprint density at radius 1 is 0.919 bits per heavy atom. The van der Waals surface area contributed by atoms with Crippen LogP contribution in [0, 0.1) is 11.3 Å². The molecule has 37 heavy (non-hydrogen) atoms. The fourth-order valence-corrected chi connectivity index (χ4v) is 7.18. The first kappa shape index (κ1) is 24.8. The van der Waals surface area contributed by atoms with Gasteiger partial charge in [-0.25, -0.2) is 4.98 Å². The number of hydrogen-bond donors (Lipinski definition) is 1. The first-order valence-electron chi connectivity index (χ1n) is 14.3. The van der Waals surface area contributed by atoms with Gasteiger partial charge in [0.25, 0.3) is 0 Å². The quantitative estimate of drug-likeness (QED) is 0.354. The minimum Gasteiger partial charge on any atom is -0.436 e. The van der Waals surface area contributed by atoms with E-state index in [0.717, 1.165) is 74.3 Å². The van der Waals surface area contributed by atoms with Crippen molar-refractivity contribution < 1.29 is 18.7 Å². The van der Waals surface area contributed by atoms with E-state index in [1.807, 2.05) is 36.5 Å². The summed E-state index contributed by atoms with van der Waals surface area (Å²) in [7, 11) is 0. The largest absolute Gasteiger partial charge is 0.436 e. The molecule has 2 bridgehead atoms. The van der Waals surface area contributed by atoms with Crippen molar-refractivity contribution in [1.82, 2.24) is 4.98 Å². The number of fused-ring (bicyclic) bond motifs is 3. The molecule has 0 radical (unpaired) electrons. The van der Waals surface area contributed by atoms with Crippen LogP contribution in [0.15, 0.2) is 71.3 Å². The van der Waals surface area contributed by atoms with Crippen LogP contribution < -0.4 is 0 Å². The molecule has 1 N–H and O–H groups in total. The lowest BCUT2D eigenvalue weighted by molar-refractivity contribution is -0.958. The Labute approximate surface area is 221 Å². The second-order valence-corrected chi connectivity index (χ2v) is 12.0. The summed E-state index contributed by atoms with van der Waals surface area (Å²) in [4.78, 5) is 4.72. The zero-order valence-corrected chi connectivity index (χ0v) is 22.0. The van der Waals surface area contributed by atoms with Gasteiger partial charge in [-0.1, -0.05) is 79.9 Å². The molecule has 1 aliphatic carbocycles. The zero-order chi connectivity index (χ0) is 25.2. The maximum absolute atomic E-state index is 12.2. The lowest BCUT2D eigenvalue weighted by Crippen LogP contribution is -2.62. The van der Waals surface area contributed by atoms with Gasteiger partial charge in [0.1, 0.15) is 6.54 Å².